The fourth-order valence-electron chi connectivity index (χ4n) is 2.37. The van der Waals surface area contributed by atoms with Crippen LogP contribution < -0.4 is 5.32 Å². The Hall–Kier alpha value is -1.14. The van der Waals surface area contributed by atoms with E-state index in [-0.39, 0.29) is 25.3 Å². The number of aliphatic hydroxyl groups excluding tert-OH is 2. The highest BCUT2D eigenvalue weighted by Crippen LogP contribution is 2.19. The van der Waals surface area contributed by atoms with Gasteiger partial charge in [0.1, 0.15) is 0 Å². The van der Waals surface area contributed by atoms with Gasteiger partial charge in [-0.25, -0.2) is 0 Å². The summed E-state index contributed by atoms with van der Waals surface area (Å²) in [6.45, 7) is 2.24. The van der Waals surface area contributed by atoms with E-state index in [0.29, 0.717) is 19.4 Å². The molecule has 0 aliphatic carbocycles. The van der Waals surface area contributed by atoms with Crippen molar-refractivity contribution in [2.45, 2.75) is 51.1 Å². The summed E-state index contributed by atoms with van der Waals surface area (Å²) in [5, 5.41) is 20.6. The lowest BCUT2D eigenvalue weighted by Crippen LogP contribution is -2.52. The number of carbonyl (C=O) groups is 2. The quantitative estimate of drug-likeness (QED) is 0.596. The van der Waals surface area contributed by atoms with Crippen molar-refractivity contribution < 1.29 is 19.8 Å². The molecule has 2 amide bonds. The van der Waals surface area contributed by atoms with Crippen LogP contribution in [0.2, 0.25) is 0 Å². The Bertz CT molecular complexity index is 303. The normalized spacial score (nSPS) is 21.0. The van der Waals surface area contributed by atoms with Gasteiger partial charge in [-0.15, -0.1) is 0 Å². The molecule has 6 nitrogen and oxygen atoms in total. The van der Waals surface area contributed by atoms with Crippen LogP contribution in [0.4, 0.5) is 0 Å². The molecule has 0 aromatic heterocycles. The molecule has 0 radical (unpaired) electrons. The first kappa shape index (κ1) is 15.9. The molecule has 2 unspecified atom stereocenters. The Morgan fingerprint density at radius 3 is 2.68 bits per heavy atom. The first-order valence-electron chi connectivity index (χ1n) is 6.97. The first-order valence-corrected chi connectivity index (χ1v) is 6.97. The Balaban J connectivity index is 2.60. The Labute approximate surface area is 113 Å². The molecule has 0 bridgehead atoms. The number of likely N-dealkylation sites (tertiary alicyclic amines) is 1. The maximum atomic E-state index is 12.1. The van der Waals surface area contributed by atoms with Crippen molar-refractivity contribution >= 4 is 11.8 Å². The zero-order valence-electron chi connectivity index (χ0n) is 11.5. The summed E-state index contributed by atoms with van der Waals surface area (Å²) >= 11 is 0. The maximum Gasteiger partial charge on any atom is 0.312 e. The molecule has 3 N–H and O–H groups in total. The topological polar surface area (TPSA) is 89.9 Å². The van der Waals surface area contributed by atoms with Crippen LogP contribution in [0.1, 0.15) is 39.0 Å². The number of aliphatic hydroxyl groups is 2. The van der Waals surface area contributed by atoms with Crippen LogP contribution in [-0.2, 0) is 9.59 Å². The van der Waals surface area contributed by atoms with Crippen LogP contribution >= 0.6 is 0 Å². The van der Waals surface area contributed by atoms with E-state index in [1.165, 1.54) is 0 Å². The van der Waals surface area contributed by atoms with E-state index >= 15 is 0 Å². The Morgan fingerprint density at radius 2 is 2.11 bits per heavy atom. The Morgan fingerprint density at radius 1 is 1.37 bits per heavy atom. The van der Waals surface area contributed by atoms with Gasteiger partial charge in [0.05, 0.1) is 12.6 Å². The second-order valence-corrected chi connectivity index (χ2v) is 4.92. The fraction of sp³-hybridized carbons (Fsp3) is 0.846. The second-order valence-electron chi connectivity index (χ2n) is 4.92. The first-order chi connectivity index (χ1) is 9.13. The molecular formula is C13H24N2O4. The van der Waals surface area contributed by atoms with E-state index in [1.54, 1.807) is 4.90 Å². The van der Waals surface area contributed by atoms with Crippen LogP contribution in [0.15, 0.2) is 0 Å². The van der Waals surface area contributed by atoms with Gasteiger partial charge in [0.25, 0.3) is 0 Å². The molecule has 0 spiro atoms. The van der Waals surface area contributed by atoms with Crippen molar-refractivity contribution in [2.24, 2.45) is 0 Å². The molecule has 1 aliphatic heterocycles. The van der Waals surface area contributed by atoms with Crippen LogP contribution in [-0.4, -0.2) is 58.8 Å². The summed E-state index contributed by atoms with van der Waals surface area (Å²) in [5.74, 6) is -1.21. The molecule has 2 atom stereocenters. The maximum absolute atomic E-state index is 12.1. The van der Waals surface area contributed by atoms with Gasteiger partial charge in [-0.05, 0) is 32.1 Å². The molecular weight excluding hydrogens is 248 g/mol. The molecule has 0 aromatic rings. The molecule has 0 saturated carbocycles. The minimum Gasteiger partial charge on any atom is -0.396 e. The van der Waals surface area contributed by atoms with Crippen LogP contribution in [0.3, 0.4) is 0 Å². The van der Waals surface area contributed by atoms with E-state index in [1.807, 2.05) is 6.92 Å². The van der Waals surface area contributed by atoms with E-state index in [4.69, 9.17) is 10.2 Å². The van der Waals surface area contributed by atoms with Crippen molar-refractivity contribution in [1.29, 1.82) is 0 Å². The van der Waals surface area contributed by atoms with Gasteiger partial charge in [-0.3, -0.25) is 9.59 Å². The molecule has 1 rings (SSSR count). The van der Waals surface area contributed by atoms with E-state index < -0.39 is 11.8 Å². The van der Waals surface area contributed by atoms with Crippen molar-refractivity contribution in [3.05, 3.63) is 0 Å². The molecule has 19 heavy (non-hydrogen) atoms. The van der Waals surface area contributed by atoms with Gasteiger partial charge in [-0.1, -0.05) is 6.92 Å². The summed E-state index contributed by atoms with van der Waals surface area (Å²) in [4.78, 5) is 25.5. The second kappa shape index (κ2) is 8.12. The molecule has 6 heteroatoms. The van der Waals surface area contributed by atoms with Crippen molar-refractivity contribution in [1.82, 2.24) is 10.2 Å². The third-order valence-electron chi connectivity index (χ3n) is 3.59. The number of carbonyl (C=O) groups excluding carboxylic acids is 2. The monoisotopic (exact) mass is 272 g/mol. The summed E-state index contributed by atoms with van der Waals surface area (Å²) < 4.78 is 0. The highest BCUT2D eigenvalue weighted by Gasteiger charge is 2.30. The lowest BCUT2D eigenvalue weighted by molar-refractivity contribution is -0.149. The predicted octanol–water partition coefficient (Wildman–Crippen LogP) is -0.363. The van der Waals surface area contributed by atoms with E-state index in [9.17, 15) is 9.59 Å². The number of hydrogen-bond donors (Lipinski definition) is 3. The number of piperidine rings is 1. The average Bonchev–Trinajstić information content (AvgIpc) is 2.44. The van der Waals surface area contributed by atoms with Crippen LogP contribution in [0.25, 0.3) is 0 Å². The third-order valence-corrected chi connectivity index (χ3v) is 3.59. The third kappa shape index (κ3) is 4.47. The lowest BCUT2D eigenvalue weighted by Gasteiger charge is -2.35. The predicted molar refractivity (Wildman–Crippen MR) is 70.4 cm³/mol. The number of nitrogens with zero attached hydrogens (tertiary/aromatic N) is 1. The summed E-state index contributed by atoms with van der Waals surface area (Å²) in [5.41, 5.74) is 0. The van der Waals surface area contributed by atoms with Crippen molar-refractivity contribution in [2.75, 3.05) is 19.8 Å². The highest BCUT2D eigenvalue weighted by molar-refractivity contribution is 6.35. The number of amides is 2. The van der Waals surface area contributed by atoms with Gasteiger partial charge >= 0.3 is 11.8 Å². The number of rotatable bonds is 5. The van der Waals surface area contributed by atoms with Crippen molar-refractivity contribution in [3.63, 3.8) is 0 Å². The van der Waals surface area contributed by atoms with Gasteiger partial charge in [0, 0.05) is 19.2 Å². The van der Waals surface area contributed by atoms with Gasteiger partial charge in [0.15, 0.2) is 0 Å². The molecule has 110 valence electrons. The number of hydrogen-bond acceptors (Lipinski definition) is 4. The number of nitrogens with one attached hydrogen (secondary N) is 1. The summed E-state index contributed by atoms with van der Waals surface area (Å²) in [7, 11) is 0. The minimum atomic E-state index is -0.661. The van der Waals surface area contributed by atoms with E-state index in [2.05, 4.69) is 5.32 Å². The zero-order chi connectivity index (χ0) is 14.3. The van der Waals surface area contributed by atoms with Crippen LogP contribution in [0, 0.1) is 0 Å². The van der Waals surface area contributed by atoms with Crippen molar-refractivity contribution in [3.8, 4) is 0 Å². The largest absolute Gasteiger partial charge is 0.396 e. The van der Waals surface area contributed by atoms with E-state index in [0.717, 1.165) is 19.3 Å². The minimum absolute atomic E-state index is 0.0181. The Kier molecular flexibility index (Phi) is 6.80. The molecule has 1 heterocycles. The zero-order valence-corrected chi connectivity index (χ0v) is 11.5. The highest BCUT2D eigenvalue weighted by atomic mass is 16.3. The standard InChI is InChI=1S/C13H24N2O4/c1-2-10(9-17)14-12(18)13(19)15-7-4-3-5-11(15)6-8-16/h10-11,16-17H,2-9H2,1H3,(H,14,18). The molecule has 1 fully saturated rings. The smallest absolute Gasteiger partial charge is 0.312 e. The SMILES string of the molecule is CCC(CO)NC(=O)C(=O)N1CCCCC1CCO. The average molecular weight is 272 g/mol. The van der Waals surface area contributed by atoms with Crippen LogP contribution in [0.5, 0.6) is 0 Å². The lowest BCUT2D eigenvalue weighted by atomic mass is 9.99. The molecule has 1 aliphatic rings. The van der Waals surface area contributed by atoms with Gasteiger partial charge < -0.3 is 20.4 Å². The summed E-state index contributed by atoms with van der Waals surface area (Å²) in [6.07, 6.45) is 3.82. The van der Waals surface area contributed by atoms with Gasteiger partial charge in [-0.2, -0.15) is 0 Å². The molecule has 1 saturated heterocycles. The molecule has 0 aromatic carbocycles. The fourth-order valence-corrected chi connectivity index (χ4v) is 2.37. The van der Waals surface area contributed by atoms with Gasteiger partial charge in [0.2, 0.25) is 0 Å². The summed E-state index contributed by atoms with van der Waals surface area (Å²) in [6, 6.07) is -0.427.